The van der Waals surface area contributed by atoms with E-state index in [1.165, 1.54) is 18.2 Å². The first-order valence-corrected chi connectivity index (χ1v) is 12.0. The van der Waals surface area contributed by atoms with Crippen LogP contribution in [-0.4, -0.2) is 32.0 Å². The molecule has 5 rings (SSSR count). The minimum absolute atomic E-state index is 0.0204. The lowest BCUT2D eigenvalue weighted by Crippen LogP contribution is -2.36. The summed E-state index contributed by atoms with van der Waals surface area (Å²) in [7, 11) is 0.759. The number of amides is 1. The molecule has 1 aromatic carbocycles. The van der Waals surface area contributed by atoms with Gasteiger partial charge in [0.15, 0.2) is 11.5 Å². The summed E-state index contributed by atoms with van der Waals surface area (Å²) in [6.45, 7) is 0. The molecule has 1 aliphatic rings. The van der Waals surface area contributed by atoms with Crippen LogP contribution in [0.25, 0.3) is 22.7 Å². The van der Waals surface area contributed by atoms with Crippen molar-refractivity contribution in [2.24, 2.45) is 7.05 Å². The SMILES string of the molecule is Cn1nc(C(F)(F)C(F)(F)F)c(C(F)(F)F)c1-c1cc(-c2ccc(Cl)c(C(=O)NC3(c4ccccn4)CC3)c2)on1. The van der Waals surface area contributed by atoms with Crippen LogP contribution in [0.15, 0.2) is 53.2 Å². The largest absolute Gasteiger partial charge is 0.459 e. The smallest absolute Gasteiger partial charge is 0.356 e. The van der Waals surface area contributed by atoms with Gasteiger partial charge in [0.25, 0.3) is 5.91 Å². The highest BCUT2D eigenvalue weighted by Crippen LogP contribution is 2.50. The summed E-state index contributed by atoms with van der Waals surface area (Å²) >= 11 is 6.23. The van der Waals surface area contributed by atoms with E-state index in [4.69, 9.17) is 16.1 Å². The molecular formula is C25H16ClF8N5O2. The van der Waals surface area contributed by atoms with E-state index >= 15 is 0 Å². The van der Waals surface area contributed by atoms with Crippen molar-refractivity contribution in [2.45, 2.75) is 36.7 Å². The maximum Gasteiger partial charge on any atom is 0.459 e. The van der Waals surface area contributed by atoms with E-state index in [-0.39, 0.29) is 26.6 Å². The molecule has 0 bridgehead atoms. The molecule has 0 atom stereocenters. The second-order valence-electron chi connectivity index (χ2n) is 9.29. The lowest BCUT2D eigenvalue weighted by atomic mass is 10.0. The number of aryl methyl sites for hydroxylation is 1. The number of hydrogen-bond acceptors (Lipinski definition) is 5. The van der Waals surface area contributed by atoms with Crippen molar-refractivity contribution in [1.82, 2.24) is 25.2 Å². The number of pyridine rings is 1. The molecular weight excluding hydrogens is 590 g/mol. The maximum absolute atomic E-state index is 14.0. The fraction of sp³-hybridized carbons (Fsp3) is 0.280. The fourth-order valence-corrected chi connectivity index (χ4v) is 4.52. The molecule has 1 saturated carbocycles. The third kappa shape index (κ3) is 5.02. The number of rotatable bonds is 6. The number of carbonyl (C=O) groups excluding carboxylic acids is 1. The molecule has 1 fully saturated rings. The summed E-state index contributed by atoms with van der Waals surface area (Å²) in [6, 6.07) is 10.1. The summed E-state index contributed by atoms with van der Waals surface area (Å²) in [4.78, 5) is 17.4. The number of benzene rings is 1. The van der Waals surface area contributed by atoms with Crippen LogP contribution in [0, 0.1) is 0 Å². The van der Waals surface area contributed by atoms with E-state index in [0.717, 1.165) is 13.1 Å². The van der Waals surface area contributed by atoms with Crippen LogP contribution >= 0.6 is 11.6 Å². The van der Waals surface area contributed by atoms with Crippen LogP contribution in [0.5, 0.6) is 0 Å². The Morgan fingerprint density at radius 2 is 1.76 bits per heavy atom. The number of nitrogens with one attached hydrogen (secondary N) is 1. The summed E-state index contributed by atoms with van der Waals surface area (Å²) in [5.74, 6) is -6.72. The minimum atomic E-state index is -6.34. The van der Waals surface area contributed by atoms with Gasteiger partial charge < -0.3 is 9.84 Å². The molecule has 3 heterocycles. The van der Waals surface area contributed by atoms with Crippen LogP contribution in [0.2, 0.25) is 5.02 Å². The summed E-state index contributed by atoms with van der Waals surface area (Å²) in [5.41, 5.74) is -6.70. The van der Waals surface area contributed by atoms with Gasteiger partial charge in [-0.2, -0.15) is 40.2 Å². The third-order valence-electron chi connectivity index (χ3n) is 6.49. The van der Waals surface area contributed by atoms with E-state index in [1.807, 2.05) is 0 Å². The van der Waals surface area contributed by atoms with Crippen LogP contribution in [0.3, 0.4) is 0 Å². The number of halogens is 9. The van der Waals surface area contributed by atoms with Crippen molar-refractivity contribution in [3.8, 4) is 22.7 Å². The average molecular weight is 606 g/mol. The number of nitrogens with zero attached hydrogens (tertiary/aromatic N) is 4. The van der Waals surface area contributed by atoms with Gasteiger partial charge in [0.1, 0.15) is 17.0 Å². The normalized spacial score (nSPS) is 15.2. The highest BCUT2D eigenvalue weighted by atomic mass is 35.5. The van der Waals surface area contributed by atoms with Crippen LogP contribution in [0.1, 0.15) is 40.2 Å². The molecule has 7 nitrogen and oxygen atoms in total. The molecule has 0 aliphatic heterocycles. The molecule has 216 valence electrons. The van der Waals surface area contributed by atoms with Crippen molar-refractivity contribution in [2.75, 3.05) is 0 Å². The summed E-state index contributed by atoms with van der Waals surface area (Å²) < 4.78 is 114. The highest BCUT2D eigenvalue weighted by Gasteiger charge is 2.64. The molecule has 0 saturated heterocycles. The fourth-order valence-electron chi connectivity index (χ4n) is 4.32. The van der Waals surface area contributed by atoms with Gasteiger partial charge in [0.2, 0.25) is 0 Å². The molecule has 16 heteroatoms. The van der Waals surface area contributed by atoms with Crippen LogP contribution in [-0.2, 0) is 24.7 Å². The second-order valence-corrected chi connectivity index (χ2v) is 9.70. The van der Waals surface area contributed by atoms with Crippen molar-refractivity contribution in [3.63, 3.8) is 0 Å². The van der Waals surface area contributed by atoms with Crippen molar-refractivity contribution in [1.29, 1.82) is 0 Å². The Balaban J connectivity index is 1.50. The maximum atomic E-state index is 14.0. The first-order chi connectivity index (χ1) is 19.0. The molecule has 1 aliphatic carbocycles. The molecule has 3 aromatic heterocycles. The Bertz CT molecular complexity index is 1630. The Hall–Kier alpha value is -4.01. The number of carbonyl (C=O) groups is 1. The van der Waals surface area contributed by atoms with Gasteiger partial charge in [-0.1, -0.05) is 22.8 Å². The van der Waals surface area contributed by atoms with E-state index < -0.39 is 52.4 Å². The Kier molecular flexibility index (Phi) is 6.63. The topological polar surface area (TPSA) is 85.8 Å². The highest BCUT2D eigenvalue weighted by molar-refractivity contribution is 6.34. The quantitative estimate of drug-likeness (QED) is 0.242. The molecule has 1 N–H and O–H groups in total. The Morgan fingerprint density at radius 1 is 1.05 bits per heavy atom. The zero-order chi connectivity index (χ0) is 30.0. The number of aromatic nitrogens is 4. The third-order valence-corrected chi connectivity index (χ3v) is 6.82. The van der Waals surface area contributed by atoms with Gasteiger partial charge in [-0.25, -0.2) is 0 Å². The van der Waals surface area contributed by atoms with Crippen LogP contribution in [0.4, 0.5) is 35.1 Å². The molecule has 41 heavy (non-hydrogen) atoms. The van der Waals surface area contributed by atoms with Crippen molar-refractivity contribution >= 4 is 17.5 Å². The van der Waals surface area contributed by atoms with Gasteiger partial charge in [-0.05, 0) is 43.2 Å². The van der Waals surface area contributed by atoms with Gasteiger partial charge in [0.05, 0.1) is 21.8 Å². The standard InChI is InChI=1S/C25H16ClF8N5O2/c1-39-19(18(24(29,30)31)20(37-39)23(27,28)25(32,33)34)15-11-16(41-38-15)12-5-6-14(26)13(10-12)21(40)36-22(7-8-22)17-4-2-3-9-35-17/h2-6,9-11H,7-8H2,1H3,(H,36,40). The van der Waals surface area contributed by atoms with Crippen molar-refractivity contribution in [3.05, 3.63) is 76.2 Å². The lowest BCUT2D eigenvalue weighted by Gasteiger charge is -2.19. The molecule has 1 amide bonds. The van der Waals surface area contributed by atoms with Gasteiger partial charge in [-0.3, -0.25) is 14.5 Å². The molecule has 0 radical (unpaired) electrons. The summed E-state index contributed by atoms with van der Waals surface area (Å²) in [5, 5.41) is 9.23. The Labute approximate surface area is 230 Å². The van der Waals surface area contributed by atoms with Gasteiger partial charge in [0, 0.05) is 24.9 Å². The van der Waals surface area contributed by atoms with Crippen LogP contribution < -0.4 is 5.32 Å². The number of alkyl halides is 8. The van der Waals surface area contributed by atoms with Crippen molar-refractivity contribution < 1.29 is 44.4 Å². The average Bonchev–Trinajstić information content (AvgIpc) is 3.33. The van der Waals surface area contributed by atoms with Gasteiger partial charge >= 0.3 is 18.3 Å². The minimum Gasteiger partial charge on any atom is -0.356 e. The molecule has 4 aromatic rings. The first kappa shape index (κ1) is 28.5. The lowest BCUT2D eigenvalue weighted by molar-refractivity contribution is -0.292. The van der Waals surface area contributed by atoms with E-state index in [0.29, 0.717) is 18.5 Å². The number of hydrogen-bond donors (Lipinski definition) is 1. The second kappa shape index (κ2) is 9.53. The monoisotopic (exact) mass is 605 g/mol. The predicted octanol–water partition coefficient (Wildman–Crippen LogP) is 6.88. The molecule has 0 unspecified atom stereocenters. The summed E-state index contributed by atoms with van der Waals surface area (Å²) in [6.07, 6.45) is -9.18. The zero-order valence-corrected chi connectivity index (χ0v) is 21.3. The Morgan fingerprint density at radius 3 is 2.34 bits per heavy atom. The van der Waals surface area contributed by atoms with E-state index in [1.54, 1.807) is 24.4 Å². The first-order valence-electron chi connectivity index (χ1n) is 11.7. The predicted molar refractivity (Wildman–Crippen MR) is 127 cm³/mol. The van der Waals surface area contributed by atoms with E-state index in [2.05, 4.69) is 20.6 Å². The molecule has 0 spiro atoms. The van der Waals surface area contributed by atoms with Gasteiger partial charge in [-0.15, -0.1) is 0 Å². The zero-order valence-electron chi connectivity index (χ0n) is 20.5. The van der Waals surface area contributed by atoms with E-state index in [9.17, 15) is 39.9 Å².